The summed E-state index contributed by atoms with van der Waals surface area (Å²) in [7, 11) is 0. The fourth-order valence-corrected chi connectivity index (χ4v) is 5.49. The summed E-state index contributed by atoms with van der Waals surface area (Å²) in [5.74, 6) is 1.76. The van der Waals surface area contributed by atoms with Gasteiger partial charge >= 0.3 is 5.97 Å². The molecule has 112 valence electrons. The molecule has 1 atom stereocenters. The van der Waals surface area contributed by atoms with Gasteiger partial charge in [-0.25, -0.2) is 0 Å². The first-order chi connectivity index (χ1) is 9.44. The van der Waals surface area contributed by atoms with E-state index < -0.39 is 5.97 Å². The van der Waals surface area contributed by atoms with Gasteiger partial charge in [0.25, 0.3) is 0 Å². The Morgan fingerprint density at radius 1 is 1.15 bits per heavy atom. The van der Waals surface area contributed by atoms with Crippen LogP contribution < -0.4 is 5.32 Å². The number of carbonyl (C=O) groups is 2. The lowest BCUT2D eigenvalue weighted by molar-refractivity contribution is -0.137. The number of aliphatic carboxylic acids is 1. The van der Waals surface area contributed by atoms with Crippen molar-refractivity contribution in [1.82, 2.24) is 5.32 Å². The van der Waals surface area contributed by atoms with Crippen LogP contribution in [-0.2, 0) is 9.59 Å². The Morgan fingerprint density at radius 2 is 1.65 bits per heavy atom. The lowest BCUT2D eigenvalue weighted by Gasteiger charge is -2.56. The largest absolute Gasteiger partial charge is 0.481 e. The molecule has 1 amide bonds. The topological polar surface area (TPSA) is 66.4 Å². The summed E-state index contributed by atoms with van der Waals surface area (Å²) in [5, 5.41) is 11.6. The lowest BCUT2D eigenvalue weighted by atomic mass is 9.49. The molecule has 0 saturated heterocycles. The Bertz CT molecular complexity index is 383. The Hall–Kier alpha value is -1.06. The van der Waals surface area contributed by atoms with Gasteiger partial charge < -0.3 is 10.4 Å². The fraction of sp³-hybridized carbons (Fsp3) is 0.875. The first-order valence-corrected chi connectivity index (χ1v) is 7.95. The smallest absolute Gasteiger partial charge is 0.305 e. The molecular formula is C16H25NO3. The van der Waals surface area contributed by atoms with Gasteiger partial charge in [0.1, 0.15) is 0 Å². The van der Waals surface area contributed by atoms with Crippen molar-refractivity contribution < 1.29 is 14.7 Å². The van der Waals surface area contributed by atoms with Crippen molar-refractivity contribution in [2.45, 2.75) is 64.3 Å². The predicted molar refractivity (Wildman–Crippen MR) is 75.1 cm³/mol. The molecule has 0 aromatic carbocycles. The molecule has 0 spiro atoms. The maximum absolute atomic E-state index is 12.2. The summed E-state index contributed by atoms with van der Waals surface area (Å²) >= 11 is 0. The third-order valence-electron chi connectivity index (χ3n) is 5.59. The number of amides is 1. The minimum Gasteiger partial charge on any atom is -0.481 e. The molecule has 4 aliphatic rings. The normalized spacial score (nSPS) is 39.5. The second-order valence-electron chi connectivity index (χ2n) is 7.66. The van der Waals surface area contributed by atoms with E-state index >= 15 is 0 Å². The number of carboxylic acid groups (broad SMARTS) is 1. The molecule has 0 radical (unpaired) electrons. The molecule has 0 aliphatic heterocycles. The number of nitrogens with one attached hydrogen (secondary N) is 1. The van der Waals surface area contributed by atoms with Crippen LogP contribution >= 0.6 is 0 Å². The minimum absolute atomic E-state index is 0.00656. The Morgan fingerprint density at radius 3 is 2.10 bits per heavy atom. The van der Waals surface area contributed by atoms with Gasteiger partial charge in [-0.2, -0.15) is 0 Å². The average molecular weight is 279 g/mol. The van der Waals surface area contributed by atoms with Crippen LogP contribution in [0.2, 0.25) is 0 Å². The van der Waals surface area contributed by atoms with Crippen molar-refractivity contribution >= 4 is 11.9 Å². The second-order valence-corrected chi connectivity index (χ2v) is 7.66. The van der Waals surface area contributed by atoms with Crippen LogP contribution in [-0.4, -0.2) is 23.0 Å². The summed E-state index contributed by atoms with van der Waals surface area (Å²) in [6.45, 7) is 1.77. The molecule has 20 heavy (non-hydrogen) atoms. The molecular weight excluding hydrogens is 254 g/mol. The van der Waals surface area contributed by atoms with E-state index in [1.807, 2.05) is 0 Å². The van der Waals surface area contributed by atoms with Gasteiger partial charge in [-0.15, -0.1) is 0 Å². The van der Waals surface area contributed by atoms with E-state index in [0.717, 1.165) is 17.8 Å². The molecule has 0 heterocycles. The van der Waals surface area contributed by atoms with Crippen molar-refractivity contribution in [3.63, 3.8) is 0 Å². The molecule has 0 unspecified atom stereocenters. The number of carboxylic acids is 1. The van der Waals surface area contributed by atoms with Crippen molar-refractivity contribution in [3.05, 3.63) is 0 Å². The van der Waals surface area contributed by atoms with E-state index in [4.69, 9.17) is 5.11 Å². The van der Waals surface area contributed by atoms with E-state index in [1.165, 1.54) is 38.5 Å². The van der Waals surface area contributed by atoms with Gasteiger partial charge in [0.05, 0.1) is 6.42 Å². The van der Waals surface area contributed by atoms with Crippen molar-refractivity contribution in [1.29, 1.82) is 0 Å². The van der Waals surface area contributed by atoms with Crippen molar-refractivity contribution in [3.8, 4) is 0 Å². The van der Waals surface area contributed by atoms with Gasteiger partial charge in [-0.05, 0) is 68.6 Å². The highest BCUT2D eigenvalue weighted by Crippen LogP contribution is 2.61. The first kappa shape index (κ1) is 13.9. The molecule has 4 nitrogen and oxygen atoms in total. The van der Waals surface area contributed by atoms with Gasteiger partial charge in [-0.3, -0.25) is 9.59 Å². The summed E-state index contributed by atoms with van der Waals surface area (Å²) in [6, 6.07) is -0.270. The Kier molecular flexibility index (Phi) is 3.51. The van der Waals surface area contributed by atoms with Crippen LogP contribution in [0.3, 0.4) is 0 Å². The molecule has 4 fully saturated rings. The van der Waals surface area contributed by atoms with Crippen LogP contribution in [0.4, 0.5) is 0 Å². The third-order valence-corrected chi connectivity index (χ3v) is 5.59. The maximum Gasteiger partial charge on any atom is 0.305 e. The van der Waals surface area contributed by atoms with Crippen LogP contribution in [0.5, 0.6) is 0 Å². The number of hydrogen-bond donors (Lipinski definition) is 2. The molecule has 4 saturated carbocycles. The van der Waals surface area contributed by atoms with Crippen molar-refractivity contribution in [2.75, 3.05) is 0 Å². The summed E-state index contributed by atoms with van der Waals surface area (Å²) in [6.07, 6.45) is 8.44. The highest BCUT2D eigenvalue weighted by molar-refractivity contribution is 5.78. The van der Waals surface area contributed by atoms with Crippen LogP contribution in [0.1, 0.15) is 58.3 Å². The zero-order chi connectivity index (χ0) is 14.3. The number of carbonyl (C=O) groups excluding carboxylic acids is 1. The van der Waals surface area contributed by atoms with Gasteiger partial charge in [-0.1, -0.05) is 0 Å². The molecule has 0 aromatic heterocycles. The number of hydrogen-bond acceptors (Lipinski definition) is 2. The first-order valence-electron chi connectivity index (χ1n) is 7.95. The maximum atomic E-state index is 12.2. The zero-order valence-electron chi connectivity index (χ0n) is 12.2. The van der Waals surface area contributed by atoms with Crippen LogP contribution in [0, 0.1) is 23.2 Å². The van der Waals surface area contributed by atoms with E-state index in [9.17, 15) is 9.59 Å². The SMILES string of the molecule is C[C@H](CC(=O)O)NC(=O)CC12CC3CC(CC(C3)C1)C2. The highest BCUT2D eigenvalue weighted by atomic mass is 16.4. The summed E-state index contributed by atoms with van der Waals surface area (Å²) in [5.41, 5.74) is 0.238. The molecule has 2 N–H and O–H groups in total. The van der Waals surface area contributed by atoms with E-state index in [0.29, 0.717) is 6.42 Å². The van der Waals surface area contributed by atoms with E-state index in [-0.39, 0.29) is 23.8 Å². The predicted octanol–water partition coefficient (Wildman–Crippen LogP) is 2.57. The molecule has 4 aliphatic carbocycles. The Balaban J connectivity index is 1.57. The third kappa shape index (κ3) is 2.84. The standard InChI is InChI=1S/C16H25NO3/c1-10(2-15(19)20)17-14(18)9-16-6-11-3-12(7-16)5-13(4-11)8-16/h10-13H,2-9H2,1H3,(H,17,18)(H,19,20)/t10-,11?,12?,13?,16?/m1/s1. The molecule has 4 rings (SSSR count). The summed E-state index contributed by atoms with van der Waals surface area (Å²) < 4.78 is 0. The van der Waals surface area contributed by atoms with Gasteiger partial charge in [0.2, 0.25) is 5.91 Å². The molecule has 4 heteroatoms. The quantitative estimate of drug-likeness (QED) is 0.813. The summed E-state index contributed by atoms with van der Waals surface area (Å²) in [4.78, 5) is 22.9. The monoisotopic (exact) mass is 279 g/mol. The van der Waals surface area contributed by atoms with Crippen molar-refractivity contribution in [2.24, 2.45) is 23.2 Å². The Labute approximate surface area is 120 Å². The van der Waals surface area contributed by atoms with Crippen LogP contribution in [0.15, 0.2) is 0 Å². The van der Waals surface area contributed by atoms with Gasteiger partial charge in [0, 0.05) is 12.5 Å². The minimum atomic E-state index is -0.854. The molecule has 4 bridgehead atoms. The fourth-order valence-electron chi connectivity index (χ4n) is 5.49. The van der Waals surface area contributed by atoms with Gasteiger partial charge in [0.15, 0.2) is 0 Å². The lowest BCUT2D eigenvalue weighted by Crippen LogP contribution is -2.48. The van der Waals surface area contributed by atoms with E-state index in [1.54, 1.807) is 6.92 Å². The second kappa shape index (κ2) is 5.05. The molecule has 0 aromatic rings. The highest BCUT2D eigenvalue weighted by Gasteiger charge is 2.51. The van der Waals surface area contributed by atoms with Crippen LogP contribution in [0.25, 0.3) is 0 Å². The average Bonchev–Trinajstić information content (AvgIpc) is 2.23. The number of rotatable bonds is 5. The van der Waals surface area contributed by atoms with E-state index in [2.05, 4.69) is 5.32 Å². The zero-order valence-corrected chi connectivity index (χ0v) is 12.2.